The van der Waals surface area contributed by atoms with Gasteiger partial charge in [0.2, 0.25) is 0 Å². The number of hydrogen-bond donors (Lipinski definition) is 1. The summed E-state index contributed by atoms with van der Waals surface area (Å²) in [5, 5.41) is 9.60. The van der Waals surface area contributed by atoms with Gasteiger partial charge in [-0.1, -0.05) is 35.9 Å². The fourth-order valence-corrected chi connectivity index (χ4v) is 4.91. The zero-order chi connectivity index (χ0) is 18.4. The second-order valence-corrected chi connectivity index (χ2v) is 8.22. The van der Waals surface area contributed by atoms with Gasteiger partial charge in [-0.2, -0.15) is 5.10 Å². The van der Waals surface area contributed by atoms with E-state index in [-0.39, 0.29) is 18.1 Å². The summed E-state index contributed by atoms with van der Waals surface area (Å²) in [6, 6.07) is 12.3. The van der Waals surface area contributed by atoms with E-state index in [0.717, 1.165) is 41.1 Å². The average molecular weight is 379 g/mol. The minimum Gasteiger partial charge on any atom is -0.376 e. The van der Waals surface area contributed by atoms with Crippen molar-refractivity contribution >= 4 is 17.2 Å². The monoisotopic (exact) mass is 379 g/mol. The first-order valence-electron chi connectivity index (χ1n) is 9.33. The van der Waals surface area contributed by atoms with E-state index in [0.29, 0.717) is 12.2 Å². The Morgan fingerprint density at radius 2 is 2.15 bits per heavy atom. The number of hydrogen-bond acceptors (Lipinski definition) is 4. The maximum absolute atomic E-state index is 13.2. The van der Waals surface area contributed by atoms with Crippen LogP contribution in [0.5, 0.6) is 0 Å². The third kappa shape index (κ3) is 2.80. The van der Waals surface area contributed by atoms with E-state index in [1.165, 1.54) is 5.56 Å². The highest BCUT2D eigenvalue weighted by atomic mass is 32.1. The van der Waals surface area contributed by atoms with Crippen LogP contribution < -0.4 is 0 Å². The Balaban J connectivity index is 1.59. The third-order valence-corrected chi connectivity index (χ3v) is 6.35. The molecule has 1 N–H and O–H groups in total. The number of aromatic nitrogens is 2. The lowest BCUT2D eigenvalue weighted by Crippen LogP contribution is -2.36. The number of carbonyl (C=O) groups excluding carboxylic acids is 1. The number of carbonyl (C=O) groups is 1. The summed E-state index contributed by atoms with van der Waals surface area (Å²) >= 11 is 1.68. The molecule has 6 heteroatoms. The molecule has 2 aliphatic rings. The molecule has 1 fully saturated rings. The molecule has 0 bridgehead atoms. The zero-order valence-electron chi connectivity index (χ0n) is 15.1. The lowest BCUT2D eigenvalue weighted by atomic mass is 10.00. The van der Waals surface area contributed by atoms with Crippen LogP contribution in [0.25, 0.3) is 11.3 Å². The van der Waals surface area contributed by atoms with E-state index < -0.39 is 0 Å². The summed E-state index contributed by atoms with van der Waals surface area (Å²) in [5.74, 6) is 0.0183. The Morgan fingerprint density at radius 3 is 2.85 bits per heavy atom. The van der Waals surface area contributed by atoms with Gasteiger partial charge >= 0.3 is 0 Å². The third-order valence-electron chi connectivity index (χ3n) is 5.43. The van der Waals surface area contributed by atoms with Crippen molar-refractivity contribution in [2.75, 3.05) is 13.2 Å². The number of thiophene rings is 1. The van der Waals surface area contributed by atoms with Crippen molar-refractivity contribution < 1.29 is 9.53 Å². The molecule has 138 valence electrons. The molecule has 3 aromatic rings. The Morgan fingerprint density at radius 1 is 1.30 bits per heavy atom. The molecular formula is C21H21N3O2S. The Hall–Kier alpha value is -2.44. The highest BCUT2D eigenvalue weighted by molar-refractivity contribution is 7.10. The fourth-order valence-electron chi connectivity index (χ4n) is 4.07. The molecule has 0 aliphatic carbocycles. The van der Waals surface area contributed by atoms with Gasteiger partial charge in [0.25, 0.3) is 5.91 Å². The standard InChI is InChI=1S/C21H21N3O2S/c1-13-6-8-14(9-7-13)18-17-19(23-22-18)21(25)24(12-15-4-2-10-26-15)20(17)16-5-3-11-27-16/h3,5-9,11,15,20H,2,4,10,12H2,1H3,(H,22,23). The molecule has 5 nitrogen and oxygen atoms in total. The van der Waals surface area contributed by atoms with Crippen LogP contribution in [0.3, 0.4) is 0 Å². The molecule has 0 radical (unpaired) electrons. The highest BCUT2D eigenvalue weighted by Gasteiger charge is 2.43. The van der Waals surface area contributed by atoms with Gasteiger partial charge in [-0.05, 0) is 31.2 Å². The van der Waals surface area contributed by atoms with Gasteiger partial charge in [-0.3, -0.25) is 9.89 Å². The molecule has 0 spiro atoms. The maximum Gasteiger partial charge on any atom is 0.273 e. The highest BCUT2D eigenvalue weighted by Crippen LogP contribution is 2.44. The van der Waals surface area contributed by atoms with Crippen LogP contribution >= 0.6 is 11.3 Å². The van der Waals surface area contributed by atoms with Crippen LogP contribution in [0.15, 0.2) is 41.8 Å². The topological polar surface area (TPSA) is 58.2 Å². The van der Waals surface area contributed by atoms with Crippen LogP contribution in [0.1, 0.15) is 45.4 Å². The van der Waals surface area contributed by atoms with Crippen molar-refractivity contribution in [2.24, 2.45) is 0 Å². The maximum atomic E-state index is 13.2. The summed E-state index contributed by atoms with van der Waals surface area (Å²) in [7, 11) is 0. The van der Waals surface area contributed by atoms with Crippen molar-refractivity contribution in [1.82, 2.24) is 15.1 Å². The quantitative estimate of drug-likeness (QED) is 0.740. The number of benzene rings is 1. The number of nitrogens with zero attached hydrogens (tertiary/aromatic N) is 2. The lowest BCUT2D eigenvalue weighted by molar-refractivity contribution is 0.0498. The molecule has 2 aromatic heterocycles. The average Bonchev–Trinajstić information content (AvgIpc) is 3.45. The second kappa shape index (κ2) is 6.62. The molecule has 2 atom stereocenters. The van der Waals surface area contributed by atoms with E-state index in [1.54, 1.807) is 11.3 Å². The van der Waals surface area contributed by atoms with Crippen molar-refractivity contribution in [1.29, 1.82) is 0 Å². The summed E-state index contributed by atoms with van der Waals surface area (Å²) < 4.78 is 5.82. The largest absolute Gasteiger partial charge is 0.376 e. The van der Waals surface area contributed by atoms with Crippen LogP contribution in [-0.2, 0) is 4.74 Å². The van der Waals surface area contributed by atoms with Crippen molar-refractivity contribution in [2.45, 2.75) is 31.9 Å². The normalized spacial score (nSPS) is 21.8. The Bertz CT molecular complexity index is 956. The number of aromatic amines is 1. The Kier molecular flexibility index (Phi) is 4.10. The predicted octanol–water partition coefficient (Wildman–Crippen LogP) is 4.17. The lowest BCUT2D eigenvalue weighted by Gasteiger charge is -2.27. The van der Waals surface area contributed by atoms with Gasteiger partial charge in [0.1, 0.15) is 5.69 Å². The summed E-state index contributed by atoms with van der Waals surface area (Å²) in [6.45, 7) is 3.48. The van der Waals surface area contributed by atoms with Crippen LogP contribution in [0.2, 0.25) is 0 Å². The number of H-pyrrole nitrogens is 1. The first kappa shape index (κ1) is 16.7. The van der Waals surface area contributed by atoms with Crippen LogP contribution in [0.4, 0.5) is 0 Å². The molecule has 1 amide bonds. The van der Waals surface area contributed by atoms with Gasteiger partial charge < -0.3 is 9.64 Å². The molecule has 1 saturated heterocycles. The second-order valence-electron chi connectivity index (χ2n) is 7.24. The summed E-state index contributed by atoms with van der Waals surface area (Å²) in [5.41, 5.74) is 4.71. The molecule has 2 unspecified atom stereocenters. The van der Waals surface area contributed by atoms with E-state index >= 15 is 0 Å². The van der Waals surface area contributed by atoms with Gasteiger partial charge in [0, 0.05) is 29.2 Å². The van der Waals surface area contributed by atoms with E-state index in [9.17, 15) is 4.79 Å². The summed E-state index contributed by atoms with van der Waals surface area (Å²) in [4.78, 5) is 16.3. The van der Waals surface area contributed by atoms with Gasteiger partial charge in [-0.15, -0.1) is 11.3 Å². The number of rotatable bonds is 4. The number of amides is 1. The number of ether oxygens (including phenoxy) is 1. The Labute approximate surface area is 162 Å². The fraction of sp³-hybridized carbons (Fsp3) is 0.333. The molecule has 1 aromatic carbocycles. The molecule has 0 saturated carbocycles. The number of nitrogens with one attached hydrogen (secondary N) is 1. The molecule has 2 aliphatic heterocycles. The predicted molar refractivity (Wildman–Crippen MR) is 105 cm³/mol. The molecule has 27 heavy (non-hydrogen) atoms. The van der Waals surface area contributed by atoms with Crippen molar-refractivity contribution in [3.05, 3.63) is 63.5 Å². The van der Waals surface area contributed by atoms with E-state index in [2.05, 4.69) is 52.8 Å². The first-order chi connectivity index (χ1) is 13.2. The zero-order valence-corrected chi connectivity index (χ0v) is 16.0. The molecule has 5 rings (SSSR count). The van der Waals surface area contributed by atoms with Gasteiger partial charge in [0.05, 0.1) is 17.8 Å². The minimum absolute atomic E-state index is 0.0183. The number of fused-ring (bicyclic) bond motifs is 1. The first-order valence-corrected chi connectivity index (χ1v) is 10.2. The minimum atomic E-state index is -0.105. The smallest absolute Gasteiger partial charge is 0.273 e. The van der Waals surface area contributed by atoms with Crippen LogP contribution in [0, 0.1) is 6.92 Å². The number of aryl methyl sites for hydroxylation is 1. The van der Waals surface area contributed by atoms with Crippen LogP contribution in [-0.4, -0.2) is 40.3 Å². The van der Waals surface area contributed by atoms with Crippen molar-refractivity contribution in [3.8, 4) is 11.3 Å². The summed E-state index contributed by atoms with van der Waals surface area (Å²) in [6.07, 6.45) is 2.20. The molecular weight excluding hydrogens is 358 g/mol. The van der Waals surface area contributed by atoms with Gasteiger partial charge in [0.15, 0.2) is 0 Å². The van der Waals surface area contributed by atoms with Gasteiger partial charge in [-0.25, -0.2) is 0 Å². The molecule has 4 heterocycles. The van der Waals surface area contributed by atoms with Crippen molar-refractivity contribution in [3.63, 3.8) is 0 Å². The SMILES string of the molecule is Cc1ccc(-c2n[nH]c3c2C(c2cccs2)N(CC2CCCO2)C3=O)cc1. The van der Waals surface area contributed by atoms with E-state index in [1.807, 2.05) is 11.0 Å². The van der Waals surface area contributed by atoms with E-state index in [4.69, 9.17) is 4.74 Å².